The molecule has 3 heterocycles. The predicted octanol–water partition coefficient (Wildman–Crippen LogP) is 3.90. The lowest BCUT2D eigenvalue weighted by molar-refractivity contribution is -0.127. The van der Waals surface area contributed by atoms with Gasteiger partial charge in [0.15, 0.2) is 0 Å². The zero-order valence-corrected chi connectivity index (χ0v) is 17.1. The maximum Gasteiger partial charge on any atom is 0.226 e. The van der Waals surface area contributed by atoms with Crippen LogP contribution in [-0.2, 0) is 9.53 Å². The smallest absolute Gasteiger partial charge is 0.226 e. The lowest BCUT2D eigenvalue weighted by atomic mass is 9.97. The summed E-state index contributed by atoms with van der Waals surface area (Å²) in [6.07, 6.45) is 3.98. The molecule has 2 aromatic heterocycles. The summed E-state index contributed by atoms with van der Waals surface area (Å²) in [6.45, 7) is 6.60. The van der Waals surface area contributed by atoms with E-state index in [0.717, 1.165) is 26.8 Å². The number of aromatic nitrogens is 3. The molecule has 3 aromatic rings. The number of carbonyl (C=O) groups is 1. The zero-order valence-electron chi connectivity index (χ0n) is 16.3. The minimum atomic E-state index is -0.313. The molecule has 0 aliphatic carbocycles. The number of ether oxygens (including phenoxy) is 1. The second-order valence-electron chi connectivity index (χ2n) is 7.18. The van der Waals surface area contributed by atoms with E-state index in [0.29, 0.717) is 13.0 Å². The van der Waals surface area contributed by atoms with Crippen molar-refractivity contribution in [3.63, 3.8) is 0 Å². The largest absolute Gasteiger partial charge is 0.371 e. The molecule has 28 heavy (non-hydrogen) atoms. The van der Waals surface area contributed by atoms with Gasteiger partial charge in [0.1, 0.15) is 11.1 Å². The number of benzene rings is 1. The zero-order chi connectivity index (χ0) is 19.7. The Morgan fingerprint density at radius 2 is 2.14 bits per heavy atom. The van der Waals surface area contributed by atoms with Crippen molar-refractivity contribution >= 4 is 17.2 Å². The van der Waals surface area contributed by atoms with Gasteiger partial charge in [0, 0.05) is 23.9 Å². The van der Waals surface area contributed by atoms with E-state index in [1.54, 1.807) is 17.5 Å². The Bertz CT molecular complexity index is 980. The molecule has 146 valence electrons. The Morgan fingerprint density at radius 1 is 1.32 bits per heavy atom. The van der Waals surface area contributed by atoms with E-state index in [1.165, 1.54) is 0 Å². The van der Waals surface area contributed by atoms with Gasteiger partial charge >= 0.3 is 0 Å². The molecule has 1 amide bonds. The first-order valence-electron chi connectivity index (χ1n) is 9.49. The van der Waals surface area contributed by atoms with Gasteiger partial charge in [-0.3, -0.25) is 4.79 Å². The van der Waals surface area contributed by atoms with Crippen LogP contribution >= 0.6 is 11.3 Å². The highest BCUT2D eigenvalue weighted by Crippen LogP contribution is 2.36. The average molecular weight is 397 g/mol. The van der Waals surface area contributed by atoms with Gasteiger partial charge in [-0.25, -0.2) is 9.67 Å². The van der Waals surface area contributed by atoms with Gasteiger partial charge in [-0.1, -0.05) is 18.2 Å². The van der Waals surface area contributed by atoms with Crippen molar-refractivity contribution in [3.05, 3.63) is 63.9 Å². The monoisotopic (exact) mass is 396 g/mol. The number of para-hydroxylation sites is 1. The van der Waals surface area contributed by atoms with Gasteiger partial charge in [0.2, 0.25) is 5.91 Å². The van der Waals surface area contributed by atoms with Crippen molar-refractivity contribution in [2.75, 3.05) is 6.61 Å². The summed E-state index contributed by atoms with van der Waals surface area (Å²) in [5.41, 5.74) is 3.03. The van der Waals surface area contributed by atoms with Crippen LogP contribution in [0.5, 0.6) is 0 Å². The molecule has 0 saturated carbocycles. The van der Waals surface area contributed by atoms with E-state index in [4.69, 9.17) is 4.74 Å². The van der Waals surface area contributed by atoms with Crippen molar-refractivity contribution in [2.24, 2.45) is 5.92 Å². The van der Waals surface area contributed by atoms with E-state index in [1.807, 2.05) is 49.0 Å². The minimum absolute atomic E-state index is 0.000358. The van der Waals surface area contributed by atoms with E-state index in [9.17, 15) is 4.79 Å². The average Bonchev–Trinajstić information content (AvgIpc) is 3.41. The summed E-state index contributed by atoms with van der Waals surface area (Å²) in [7, 11) is 0. The van der Waals surface area contributed by atoms with Crippen molar-refractivity contribution in [1.82, 2.24) is 20.1 Å². The molecule has 0 bridgehead atoms. The summed E-state index contributed by atoms with van der Waals surface area (Å²) in [4.78, 5) is 18.5. The van der Waals surface area contributed by atoms with Crippen molar-refractivity contribution < 1.29 is 9.53 Å². The van der Waals surface area contributed by atoms with E-state index in [2.05, 4.69) is 28.4 Å². The first-order chi connectivity index (χ1) is 13.5. The highest BCUT2D eigenvalue weighted by molar-refractivity contribution is 7.11. The van der Waals surface area contributed by atoms with Crippen LogP contribution in [0.2, 0.25) is 0 Å². The normalized spacial score (nSPS) is 20.2. The van der Waals surface area contributed by atoms with Gasteiger partial charge in [0.05, 0.1) is 23.3 Å². The first-order valence-corrected chi connectivity index (χ1v) is 10.3. The SMILES string of the molecule is Cc1cnc(C(C)NC(=O)[C@H]2CCO[C@@H]2c2ccnn2-c2ccccc2C)s1. The summed E-state index contributed by atoms with van der Waals surface area (Å²) in [5.74, 6) is -0.247. The standard InChI is InChI=1S/C21H24N4O2S/c1-13-6-4-5-7-17(13)25-18(8-10-23-25)19-16(9-11-27-19)20(26)24-15(3)21-22-12-14(2)28-21/h4-8,10,12,15-16,19H,9,11H2,1-3H3,(H,24,26)/t15?,16-,19-/m0/s1. The minimum Gasteiger partial charge on any atom is -0.371 e. The topological polar surface area (TPSA) is 69.0 Å². The third-order valence-electron chi connectivity index (χ3n) is 5.10. The molecule has 0 radical (unpaired) electrons. The number of amides is 1. The molecule has 0 spiro atoms. The number of carbonyl (C=O) groups excluding carboxylic acids is 1. The molecule has 4 rings (SSSR count). The van der Waals surface area contributed by atoms with Gasteiger partial charge in [-0.05, 0) is 44.9 Å². The molecule has 7 heteroatoms. The molecule has 6 nitrogen and oxygen atoms in total. The molecule has 1 aliphatic rings. The Morgan fingerprint density at radius 3 is 2.89 bits per heavy atom. The quantitative estimate of drug-likeness (QED) is 0.710. The van der Waals surface area contributed by atoms with Gasteiger partial charge in [-0.2, -0.15) is 5.10 Å². The number of hydrogen-bond acceptors (Lipinski definition) is 5. The van der Waals surface area contributed by atoms with Crippen LogP contribution in [-0.4, -0.2) is 27.3 Å². The Hall–Kier alpha value is -2.51. The van der Waals surface area contributed by atoms with Gasteiger partial charge < -0.3 is 10.1 Å². The molecular formula is C21H24N4O2S. The van der Waals surface area contributed by atoms with E-state index < -0.39 is 0 Å². The molecule has 1 unspecified atom stereocenters. The Labute approximate surface area is 168 Å². The van der Waals surface area contributed by atoms with Crippen LogP contribution in [0, 0.1) is 19.8 Å². The molecular weight excluding hydrogens is 372 g/mol. The molecule has 1 aliphatic heterocycles. The number of rotatable bonds is 5. The van der Waals surface area contributed by atoms with E-state index >= 15 is 0 Å². The Balaban J connectivity index is 1.55. The lowest BCUT2D eigenvalue weighted by Crippen LogP contribution is -2.34. The summed E-state index contributed by atoms with van der Waals surface area (Å²) >= 11 is 1.61. The third kappa shape index (κ3) is 3.59. The second-order valence-corrected chi connectivity index (χ2v) is 8.45. The van der Waals surface area contributed by atoms with Crippen molar-refractivity contribution in [1.29, 1.82) is 0 Å². The number of nitrogens with zero attached hydrogens (tertiary/aromatic N) is 3. The van der Waals surface area contributed by atoms with Crippen molar-refractivity contribution in [3.8, 4) is 5.69 Å². The number of aryl methyl sites for hydroxylation is 2. The van der Waals surface area contributed by atoms with Gasteiger partial charge in [0.25, 0.3) is 0 Å². The molecule has 1 N–H and O–H groups in total. The molecule has 3 atom stereocenters. The molecule has 1 saturated heterocycles. The van der Waals surface area contributed by atoms with Crippen LogP contribution in [0.4, 0.5) is 0 Å². The first kappa shape index (κ1) is 18.8. The van der Waals surface area contributed by atoms with Crippen LogP contribution in [0.1, 0.15) is 46.6 Å². The van der Waals surface area contributed by atoms with Crippen molar-refractivity contribution in [2.45, 2.75) is 39.3 Å². The third-order valence-corrected chi connectivity index (χ3v) is 6.20. The highest BCUT2D eigenvalue weighted by atomic mass is 32.1. The maximum absolute atomic E-state index is 13.0. The predicted molar refractivity (Wildman–Crippen MR) is 109 cm³/mol. The van der Waals surface area contributed by atoms with Crippen LogP contribution in [0.25, 0.3) is 5.69 Å². The highest BCUT2D eigenvalue weighted by Gasteiger charge is 2.38. The number of thiazole rings is 1. The molecule has 1 aromatic carbocycles. The maximum atomic E-state index is 13.0. The lowest BCUT2D eigenvalue weighted by Gasteiger charge is -2.21. The fraction of sp³-hybridized carbons (Fsp3) is 0.381. The summed E-state index contributed by atoms with van der Waals surface area (Å²) in [5, 5.41) is 8.53. The number of hydrogen-bond donors (Lipinski definition) is 1. The summed E-state index contributed by atoms with van der Waals surface area (Å²) < 4.78 is 7.88. The van der Waals surface area contributed by atoms with Gasteiger partial charge in [-0.15, -0.1) is 11.3 Å². The number of nitrogens with one attached hydrogen (secondary N) is 1. The van der Waals surface area contributed by atoms with Crippen LogP contribution < -0.4 is 5.32 Å². The Kier molecular flexibility index (Phi) is 5.28. The van der Waals surface area contributed by atoms with E-state index in [-0.39, 0.29) is 24.0 Å². The summed E-state index contributed by atoms with van der Waals surface area (Å²) in [6, 6.07) is 9.91. The second kappa shape index (κ2) is 7.85. The fourth-order valence-electron chi connectivity index (χ4n) is 3.64. The molecule has 1 fully saturated rings. The van der Waals surface area contributed by atoms with Crippen LogP contribution in [0.3, 0.4) is 0 Å². The van der Waals surface area contributed by atoms with Crippen LogP contribution in [0.15, 0.2) is 42.7 Å². The fourth-order valence-corrected chi connectivity index (χ4v) is 4.41.